The number of hydrogen-bond acceptors (Lipinski definition) is 3. The van der Waals surface area contributed by atoms with Gasteiger partial charge in [0.1, 0.15) is 5.78 Å². The van der Waals surface area contributed by atoms with Crippen LogP contribution in [0.1, 0.15) is 85.0 Å². The van der Waals surface area contributed by atoms with E-state index in [2.05, 4.69) is 20.8 Å². The monoisotopic (exact) mass is 390 g/mol. The lowest BCUT2D eigenvalue weighted by molar-refractivity contribution is -0.171. The van der Waals surface area contributed by atoms with Gasteiger partial charge in [0.15, 0.2) is 0 Å². The second-order valence-electron chi connectivity index (χ2n) is 11.1. The van der Waals surface area contributed by atoms with Gasteiger partial charge in [0.25, 0.3) is 0 Å². The quantitative estimate of drug-likeness (QED) is 0.730. The molecule has 4 aliphatic carbocycles. The third-order valence-corrected chi connectivity index (χ3v) is 10.2. The highest BCUT2D eigenvalue weighted by Gasteiger charge is 2.63. The molecule has 4 fully saturated rings. The third kappa shape index (κ3) is 2.97. The number of carbonyl (C=O) groups excluding carboxylic acids is 1. The summed E-state index contributed by atoms with van der Waals surface area (Å²) < 4.78 is 0. The lowest BCUT2D eigenvalue weighted by atomic mass is 9.44. The number of aliphatic hydroxyl groups is 1. The Kier molecular flexibility index (Phi) is 5.17. The summed E-state index contributed by atoms with van der Waals surface area (Å²) in [7, 11) is 0. The van der Waals surface area contributed by atoms with Crippen molar-refractivity contribution in [1.82, 2.24) is 0 Å². The maximum Gasteiger partial charge on any atom is 0.303 e. The molecule has 9 atom stereocenters. The van der Waals surface area contributed by atoms with Crippen molar-refractivity contribution < 1.29 is 19.8 Å². The van der Waals surface area contributed by atoms with E-state index in [0.29, 0.717) is 47.7 Å². The molecule has 4 heteroatoms. The number of fused-ring (bicyclic) bond motifs is 5. The number of ketones is 1. The summed E-state index contributed by atoms with van der Waals surface area (Å²) in [6, 6.07) is 0. The zero-order valence-corrected chi connectivity index (χ0v) is 17.8. The fourth-order valence-electron chi connectivity index (χ4n) is 8.52. The van der Waals surface area contributed by atoms with Gasteiger partial charge in [-0.15, -0.1) is 0 Å². The van der Waals surface area contributed by atoms with Crippen molar-refractivity contribution in [3.8, 4) is 0 Å². The molecule has 0 aromatic rings. The van der Waals surface area contributed by atoms with Gasteiger partial charge in [-0.3, -0.25) is 9.59 Å². The maximum absolute atomic E-state index is 12.1. The average Bonchev–Trinajstić information content (AvgIpc) is 3.00. The molecule has 0 amide bonds. The molecule has 0 radical (unpaired) electrons. The number of carbonyl (C=O) groups is 2. The Morgan fingerprint density at radius 1 is 1.18 bits per heavy atom. The summed E-state index contributed by atoms with van der Waals surface area (Å²) in [6.07, 6.45) is 8.69. The van der Waals surface area contributed by atoms with E-state index in [0.717, 1.165) is 32.1 Å². The van der Waals surface area contributed by atoms with Crippen LogP contribution in [0.25, 0.3) is 0 Å². The normalized spacial score (nSPS) is 49.1. The summed E-state index contributed by atoms with van der Waals surface area (Å²) in [5.74, 6) is 2.76. The number of hydrogen-bond donors (Lipinski definition) is 2. The van der Waals surface area contributed by atoms with E-state index in [-0.39, 0.29) is 23.4 Å². The SMILES string of the molecule is CC(CCC(=O)O)C1CCC2C3CCC4CC(=O)CC[C@]4(C)C3CC(O)[C@]12C. The van der Waals surface area contributed by atoms with E-state index in [4.69, 9.17) is 5.11 Å². The predicted octanol–water partition coefficient (Wildman–Crippen LogP) is 4.69. The summed E-state index contributed by atoms with van der Waals surface area (Å²) in [5, 5.41) is 20.5. The fourth-order valence-corrected chi connectivity index (χ4v) is 8.52. The Hall–Kier alpha value is -0.900. The molecule has 4 aliphatic rings. The van der Waals surface area contributed by atoms with E-state index < -0.39 is 5.97 Å². The van der Waals surface area contributed by atoms with Gasteiger partial charge >= 0.3 is 5.97 Å². The van der Waals surface area contributed by atoms with E-state index >= 15 is 0 Å². The van der Waals surface area contributed by atoms with Crippen molar-refractivity contribution in [2.75, 3.05) is 0 Å². The minimum Gasteiger partial charge on any atom is -0.481 e. The Morgan fingerprint density at radius 2 is 1.93 bits per heavy atom. The van der Waals surface area contributed by atoms with Crippen LogP contribution in [0.15, 0.2) is 0 Å². The molecular weight excluding hydrogens is 352 g/mol. The Balaban J connectivity index is 1.57. The molecule has 0 saturated heterocycles. The van der Waals surface area contributed by atoms with Crippen molar-refractivity contribution >= 4 is 11.8 Å². The number of aliphatic carboxylic acids is 1. The van der Waals surface area contributed by atoms with Crippen molar-refractivity contribution in [1.29, 1.82) is 0 Å². The molecule has 0 bridgehead atoms. The van der Waals surface area contributed by atoms with Crippen LogP contribution in [0.2, 0.25) is 0 Å². The summed E-state index contributed by atoms with van der Waals surface area (Å²) in [5.41, 5.74) is 0.138. The average molecular weight is 391 g/mol. The first-order valence-corrected chi connectivity index (χ1v) is 11.6. The molecule has 28 heavy (non-hydrogen) atoms. The Bertz CT molecular complexity index is 645. The van der Waals surface area contributed by atoms with E-state index in [9.17, 15) is 14.7 Å². The standard InChI is InChI=1S/C24H38O4/c1-14(4-9-22(27)28)18-7-8-19-17-6-5-15-12-16(25)10-11-23(15,2)20(17)13-21(26)24(18,19)3/h14-15,17-21,26H,4-13H2,1-3H3,(H,27,28)/t14?,15?,17?,18?,19?,20?,21?,23-,24+/m0/s1. The Labute approximate surface area is 169 Å². The van der Waals surface area contributed by atoms with Crippen LogP contribution in [-0.2, 0) is 9.59 Å². The zero-order valence-electron chi connectivity index (χ0n) is 17.8. The molecule has 0 spiro atoms. The van der Waals surface area contributed by atoms with Crippen molar-refractivity contribution in [3.63, 3.8) is 0 Å². The van der Waals surface area contributed by atoms with Crippen molar-refractivity contribution in [2.24, 2.45) is 46.3 Å². The lowest BCUT2D eigenvalue weighted by Gasteiger charge is -2.62. The molecule has 7 unspecified atom stereocenters. The molecule has 0 heterocycles. The van der Waals surface area contributed by atoms with Crippen LogP contribution in [0, 0.1) is 46.3 Å². The lowest BCUT2D eigenvalue weighted by Crippen LogP contribution is -2.58. The summed E-state index contributed by atoms with van der Waals surface area (Å²) in [6.45, 7) is 6.93. The maximum atomic E-state index is 12.1. The highest BCUT2D eigenvalue weighted by Crippen LogP contribution is 2.68. The largest absolute Gasteiger partial charge is 0.481 e. The molecule has 2 N–H and O–H groups in total. The molecule has 4 rings (SSSR count). The van der Waals surface area contributed by atoms with Gasteiger partial charge in [-0.05, 0) is 91.3 Å². The van der Waals surface area contributed by atoms with E-state index in [1.54, 1.807) is 0 Å². The van der Waals surface area contributed by atoms with Gasteiger partial charge in [-0.1, -0.05) is 20.8 Å². The molecule has 158 valence electrons. The Morgan fingerprint density at radius 3 is 2.64 bits per heavy atom. The molecule has 4 saturated carbocycles. The van der Waals surface area contributed by atoms with Crippen LogP contribution in [0.5, 0.6) is 0 Å². The first-order valence-electron chi connectivity index (χ1n) is 11.6. The van der Waals surface area contributed by atoms with Crippen LogP contribution in [0.3, 0.4) is 0 Å². The van der Waals surface area contributed by atoms with Crippen LogP contribution in [0.4, 0.5) is 0 Å². The minimum atomic E-state index is -0.714. The smallest absolute Gasteiger partial charge is 0.303 e. The van der Waals surface area contributed by atoms with Gasteiger partial charge in [0, 0.05) is 19.3 Å². The highest BCUT2D eigenvalue weighted by atomic mass is 16.4. The van der Waals surface area contributed by atoms with E-state index in [1.807, 2.05) is 0 Å². The van der Waals surface area contributed by atoms with Gasteiger partial charge in [-0.2, -0.15) is 0 Å². The number of aliphatic hydroxyl groups excluding tert-OH is 1. The van der Waals surface area contributed by atoms with Gasteiger partial charge in [0.05, 0.1) is 6.10 Å². The third-order valence-electron chi connectivity index (χ3n) is 10.2. The van der Waals surface area contributed by atoms with Gasteiger partial charge in [-0.25, -0.2) is 0 Å². The van der Waals surface area contributed by atoms with Gasteiger partial charge in [0.2, 0.25) is 0 Å². The first kappa shape index (κ1) is 20.4. The molecule has 0 aromatic heterocycles. The van der Waals surface area contributed by atoms with Crippen molar-refractivity contribution in [3.05, 3.63) is 0 Å². The highest BCUT2D eigenvalue weighted by molar-refractivity contribution is 5.79. The summed E-state index contributed by atoms with van der Waals surface area (Å²) >= 11 is 0. The van der Waals surface area contributed by atoms with E-state index in [1.165, 1.54) is 19.3 Å². The van der Waals surface area contributed by atoms with Gasteiger partial charge < -0.3 is 10.2 Å². The fraction of sp³-hybridized carbons (Fsp3) is 0.917. The number of carboxylic acids is 1. The minimum absolute atomic E-state index is 0.0766. The van der Waals surface area contributed by atoms with Crippen LogP contribution >= 0.6 is 0 Å². The number of rotatable bonds is 4. The molecular formula is C24H38O4. The predicted molar refractivity (Wildman–Crippen MR) is 108 cm³/mol. The summed E-state index contributed by atoms with van der Waals surface area (Å²) in [4.78, 5) is 23.1. The number of Topliss-reactive ketones (excluding diaryl/α,β-unsaturated/α-hetero) is 1. The van der Waals surface area contributed by atoms with Crippen LogP contribution in [-0.4, -0.2) is 28.1 Å². The van der Waals surface area contributed by atoms with Crippen LogP contribution < -0.4 is 0 Å². The second kappa shape index (κ2) is 7.11. The number of carboxylic acid groups (broad SMARTS) is 1. The molecule has 0 aromatic carbocycles. The molecule has 4 nitrogen and oxygen atoms in total. The topological polar surface area (TPSA) is 74.6 Å². The first-order chi connectivity index (χ1) is 13.2. The zero-order chi connectivity index (χ0) is 20.3. The van der Waals surface area contributed by atoms with Crippen molar-refractivity contribution in [2.45, 2.75) is 91.1 Å². The second-order valence-corrected chi connectivity index (χ2v) is 11.1. The molecule has 0 aliphatic heterocycles.